The van der Waals surface area contributed by atoms with Gasteiger partial charge in [-0.25, -0.2) is 0 Å². The molecule has 24 heavy (non-hydrogen) atoms. The third-order valence-electron chi connectivity index (χ3n) is 4.53. The van der Waals surface area contributed by atoms with E-state index >= 15 is 0 Å². The Hall–Kier alpha value is -1.01. The summed E-state index contributed by atoms with van der Waals surface area (Å²) in [5.41, 5.74) is 6.82. The molecule has 1 saturated heterocycles. The second-order valence-corrected chi connectivity index (χ2v) is 5.86. The molecule has 1 atom stereocenters. The van der Waals surface area contributed by atoms with E-state index in [0.717, 1.165) is 25.9 Å². The summed E-state index contributed by atoms with van der Waals surface area (Å²) >= 11 is 0. The van der Waals surface area contributed by atoms with Crippen LogP contribution in [0.25, 0.3) is 0 Å². The first-order valence-electron chi connectivity index (χ1n) is 7.94. The van der Waals surface area contributed by atoms with Gasteiger partial charge in [0.2, 0.25) is 5.91 Å². The number of ether oxygens (including phenoxy) is 1. The zero-order valence-electron chi connectivity index (χ0n) is 14.4. The first-order valence-corrected chi connectivity index (χ1v) is 7.94. The summed E-state index contributed by atoms with van der Waals surface area (Å²) in [6.45, 7) is 2.00. The van der Waals surface area contributed by atoms with Crippen LogP contribution in [0.2, 0.25) is 0 Å². The SMILES string of the molecule is COC(CN)CC(=O)N1CCC(N(C)c2ccccc2)CC1.Cl.Cl. The maximum atomic E-state index is 12.2. The summed E-state index contributed by atoms with van der Waals surface area (Å²) in [5.74, 6) is 0.151. The largest absolute Gasteiger partial charge is 0.380 e. The van der Waals surface area contributed by atoms with Gasteiger partial charge in [-0.1, -0.05) is 18.2 Å². The minimum absolute atomic E-state index is 0. The first kappa shape index (κ1) is 23.0. The fraction of sp³-hybridized carbons (Fsp3) is 0.588. The van der Waals surface area contributed by atoms with Crippen LogP contribution in [-0.2, 0) is 9.53 Å². The number of methoxy groups -OCH3 is 1. The molecule has 0 bridgehead atoms. The second-order valence-electron chi connectivity index (χ2n) is 5.86. The predicted octanol–water partition coefficient (Wildman–Crippen LogP) is 2.32. The third kappa shape index (κ3) is 6.13. The van der Waals surface area contributed by atoms with Crippen LogP contribution in [-0.4, -0.2) is 56.7 Å². The molecule has 1 amide bonds. The number of anilines is 1. The maximum absolute atomic E-state index is 12.2. The molecule has 1 aromatic rings. The van der Waals surface area contributed by atoms with Crippen LogP contribution >= 0.6 is 24.8 Å². The molecule has 1 heterocycles. The zero-order chi connectivity index (χ0) is 15.9. The molecule has 0 spiro atoms. The van der Waals surface area contributed by atoms with Gasteiger partial charge in [-0.15, -0.1) is 24.8 Å². The molecule has 0 saturated carbocycles. The molecule has 0 radical (unpaired) electrons. The van der Waals surface area contributed by atoms with E-state index < -0.39 is 0 Å². The topological polar surface area (TPSA) is 58.8 Å². The van der Waals surface area contributed by atoms with E-state index in [1.165, 1.54) is 5.69 Å². The van der Waals surface area contributed by atoms with Gasteiger partial charge in [-0.05, 0) is 25.0 Å². The summed E-state index contributed by atoms with van der Waals surface area (Å²) < 4.78 is 5.20. The van der Waals surface area contributed by atoms with E-state index in [2.05, 4.69) is 36.2 Å². The fourth-order valence-corrected chi connectivity index (χ4v) is 2.96. The Morgan fingerprint density at radius 2 is 1.88 bits per heavy atom. The molecule has 7 heteroatoms. The molecular formula is C17H29Cl2N3O2. The number of carbonyl (C=O) groups excluding carboxylic acids is 1. The minimum atomic E-state index is -0.169. The van der Waals surface area contributed by atoms with Crippen molar-refractivity contribution in [2.24, 2.45) is 5.73 Å². The molecule has 1 fully saturated rings. The summed E-state index contributed by atoms with van der Waals surface area (Å²) in [7, 11) is 3.73. The van der Waals surface area contributed by atoms with Crippen LogP contribution in [0.15, 0.2) is 30.3 Å². The number of nitrogens with zero attached hydrogens (tertiary/aromatic N) is 2. The van der Waals surface area contributed by atoms with Crippen molar-refractivity contribution in [1.82, 2.24) is 4.90 Å². The highest BCUT2D eigenvalue weighted by Crippen LogP contribution is 2.22. The highest BCUT2D eigenvalue weighted by atomic mass is 35.5. The predicted molar refractivity (Wildman–Crippen MR) is 103 cm³/mol. The number of carbonyl (C=O) groups is 1. The maximum Gasteiger partial charge on any atom is 0.225 e. The number of amides is 1. The zero-order valence-corrected chi connectivity index (χ0v) is 16.0. The molecule has 1 aromatic carbocycles. The number of benzene rings is 1. The number of rotatable bonds is 6. The Labute approximate surface area is 157 Å². The Kier molecular flexibility index (Phi) is 11.0. The van der Waals surface area contributed by atoms with Crippen molar-refractivity contribution in [1.29, 1.82) is 0 Å². The highest BCUT2D eigenvalue weighted by Gasteiger charge is 2.26. The number of hydrogen-bond acceptors (Lipinski definition) is 4. The van der Waals surface area contributed by atoms with Crippen molar-refractivity contribution < 1.29 is 9.53 Å². The van der Waals surface area contributed by atoms with Gasteiger partial charge in [-0.3, -0.25) is 4.79 Å². The Bertz CT molecular complexity index is 464. The van der Waals surface area contributed by atoms with Crippen molar-refractivity contribution in [3.63, 3.8) is 0 Å². The summed E-state index contributed by atoms with van der Waals surface area (Å²) in [6.07, 6.45) is 2.21. The average molecular weight is 378 g/mol. The van der Waals surface area contributed by atoms with E-state index in [0.29, 0.717) is 19.0 Å². The monoisotopic (exact) mass is 377 g/mol. The first-order chi connectivity index (χ1) is 10.7. The average Bonchev–Trinajstić information content (AvgIpc) is 2.59. The van der Waals surface area contributed by atoms with Gasteiger partial charge in [-0.2, -0.15) is 0 Å². The molecule has 2 N–H and O–H groups in total. The summed E-state index contributed by atoms with van der Waals surface area (Å²) in [4.78, 5) is 16.5. The van der Waals surface area contributed by atoms with Crippen molar-refractivity contribution in [3.8, 4) is 0 Å². The van der Waals surface area contributed by atoms with Crippen LogP contribution in [0.3, 0.4) is 0 Å². The van der Waals surface area contributed by atoms with Gasteiger partial charge in [0.25, 0.3) is 0 Å². The lowest BCUT2D eigenvalue weighted by atomic mass is 10.0. The quantitative estimate of drug-likeness (QED) is 0.826. The van der Waals surface area contributed by atoms with E-state index in [-0.39, 0.29) is 36.8 Å². The lowest BCUT2D eigenvalue weighted by Gasteiger charge is -2.38. The van der Waals surface area contributed by atoms with E-state index in [4.69, 9.17) is 10.5 Å². The fourth-order valence-electron chi connectivity index (χ4n) is 2.96. The van der Waals surface area contributed by atoms with Crippen LogP contribution in [0, 0.1) is 0 Å². The van der Waals surface area contributed by atoms with Crippen molar-refractivity contribution >= 4 is 36.4 Å². The highest BCUT2D eigenvalue weighted by molar-refractivity contribution is 5.85. The Morgan fingerprint density at radius 3 is 2.38 bits per heavy atom. The summed E-state index contributed by atoms with van der Waals surface area (Å²) in [6, 6.07) is 10.9. The number of hydrogen-bond donors (Lipinski definition) is 1. The summed E-state index contributed by atoms with van der Waals surface area (Å²) in [5, 5.41) is 0. The van der Waals surface area contributed by atoms with E-state index in [1.54, 1.807) is 7.11 Å². The molecule has 1 unspecified atom stereocenters. The van der Waals surface area contributed by atoms with Crippen LogP contribution in [0.1, 0.15) is 19.3 Å². The smallest absolute Gasteiger partial charge is 0.225 e. The standard InChI is InChI=1S/C17H27N3O2.2ClH/c1-19(14-6-4-3-5-7-14)15-8-10-20(11-9-15)17(21)12-16(13-18)22-2;;/h3-7,15-16H,8-13,18H2,1-2H3;2*1H. The molecule has 2 rings (SSSR count). The van der Waals surface area contributed by atoms with Crippen molar-refractivity contribution in [2.75, 3.05) is 38.7 Å². The lowest BCUT2D eigenvalue weighted by molar-refractivity contribution is -0.134. The molecular weight excluding hydrogens is 349 g/mol. The Balaban J connectivity index is 0.00000264. The number of halogens is 2. The molecule has 1 aliphatic rings. The van der Waals surface area contributed by atoms with Gasteiger partial charge in [0.15, 0.2) is 0 Å². The molecule has 1 aliphatic heterocycles. The van der Waals surface area contributed by atoms with Gasteiger partial charge >= 0.3 is 0 Å². The lowest BCUT2D eigenvalue weighted by Crippen LogP contribution is -2.46. The van der Waals surface area contributed by atoms with Crippen LogP contribution < -0.4 is 10.6 Å². The number of nitrogens with two attached hydrogens (primary N) is 1. The number of para-hydroxylation sites is 1. The van der Waals surface area contributed by atoms with Crippen molar-refractivity contribution in [3.05, 3.63) is 30.3 Å². The third-order valence-corrected chi connectivity index (χ3v) is 4.53. The normalized spacial score (nSPS) is 15.9. The van der Waals surface area contributed by atoms with Crippen LogP contribution in [0.4, 0.5) is 5.69 Å². The van der Waals surface area contributed by atoms with Gasteiger partial charge in [0.05, 0.1) is 12.5 Å². The Morgan fingerprint density at radius 1 is 1.29 bits per heavy atom. The second kappa shape index (κ2) is 11.5. The molecule has 5 nitrogen and oxygen atoms in total. The van der Waals surface area contributed by atoms with Crippen LogP contribution in [0.5, 0.6) is 0 Å². The van der Waals surface area contributed by atoms with E-state index in [9.17, 15) is 4.79 Å². The van der Waals surface area contributed by atoms with Crippen molar-refractivity contribution in [2.45, 2.75) is 31.4 Å². The number of piperidine rings is 1. The minimum Gasteiger partial charge on any atom is -0.380 e. The number of likely N-dealkylation sites (tertiary alicyclic amines) is 1. The van der Waals surface area contributed by atoms with Gasteiger partial charge in [0.1, 0.15) is 0 Å². The molecule has 0 aromatic heterocycles. The molecule has 138 valence electrons. The van der Waals surface area contributed by atoms with Gasteiger partial charge < -0.3 is 20.3 Å². The van der Waals surface area contributed by atoms with Gasteiger partial charge in [0, 0.05) is 45.5 Å². The molecule has 0 aliphatic carbocycles. The van der Waals surface area contributed by atoms with E-state index in [1.807, 2.05) is 11.0 Å².